The lowest BCUT2D eigenvalue weighted by Crippen LogP contribution is -2.22. The number of thioether (sulfide) groups is 1. The van der Waals surface area contributed by atoms with Crippen molar-refractivity contribution < 1.29 is 18.0 Å². The lowest BCUT2D eigenvalue weighted by molar-refractivity contribution is -0.137. The van der Waals surface area contributed by atoms with E-state index in [9.17, 15) is 18.0 Å². The number of hydrogen-bond donors (Lipinski definition) is 1. The first-order chi connectivity index (χ1) is 10.8. The van der Waals surface area contributed by atoms with E-state index in [4.69, 9.17) is 11.6 Å². The van der Waals surface area contributed by atoms with E-state index in [1.165, 1.54) is 18.3 Å². The molecule has 0 saturated carbocycles. The highest BCUT2D eigenvalue weighted by atomic mass is 35.5. The monoisotopic (exact) mass is 360 g/mol. The van der Waals surface area contributed by atoms with Crippen LogP contribution >= 0.6 is 23.4 Å². The topological polar surface area (TPSA) is 42.0 Å². The molecule has 1 aromatic carbocycles. The summed E-state index contributed by atoms with van der Waals surface area (Å²) in [4.78, 5) is 16.4. The number of amides is 1. The summed E-state index contributed by atoms with van der Waals surface area (Å²) in [5.74, 6) is -0.0295. The van der Waals surface area contributed by atoms with Crippen molar-refractivity contribution in [2.75, 3.05) is 5.32 Å². The number of hydrogen-bond acceptors (Lipinski definition) is 3. The van der Waals surface area contributed by atoms with Crippen LogP contribution in [0.5, 0.6) is 0 Å². The van der Waals surface area contributed by atoms with Gasteiger partial charge in [0, 0.05) is 11.1 Å². The van der Waals surface area contributed by atoms with Crippen molar-refractivity contribution in [2.24, 2.45) is 0 Å². The fourth-order valence-corrected chi connectivity index (χ4v) is 2.72. The van der Waals surface area contributed by atoms with Gasteiger partial charge in [0.05, 0.1) is 15.8 Å². The third-order valence-electron chi connectivity index (χ3n) is 2.82. The molecule has 3 nitrogen and oxygen atoms in total. The number of benzene rings is 1. The second kappa shape index (κ2) is 7.23. The van der Waals surface area contributed by atoms with E-state index in [1.54, 1.807) is 19.1 Å². The van der Waals surface area contributed by atoms with Gasteiger partial charge in [-0.05, 0) is 37.3 Å². The first-order valence-corrected chi connectivity index (χ1v) is 7.78. The molecule has 0 aliphatic carbocycles. The average molecular weight is 361 g/mol. The van der Waals surface area contributed by atoms with Crippen LogP contribution in [0, 0.1) is 0 Å². The minimum atomic E-state index is -4.41. The summed E-state index contributed by atoms with van der Waals surface area (Å²) in [5.41, 5.74) is -0.741. The molecule has 23 heavy (non-hydrogen) atoms. The molecule has 8 heteroatoms. The fourth-order valence-electron chi connectivity index (χ4n) is 1.68. The van der Waals surface area contributed by atoms with E-state index in [2.05, 4.69) is 10.3 Å². The van der Waals surface area contributed by atoms with Gasteiger partial charge < -0.3 is 5.32 Å². The minimum Gasteiger partial charge on any atom is -0.310 e. The molecule has 1 amide bonds. The number of alkyl halides is 3. The first kappa shape index (κ1) is 17.6. The van der Waals surface area contributed by atoms with Gasteiger partial charge in [-0.15, -0.1) is 11.8 Å². The Hall–Kier alpha value is -1.73. The number of carbonyl (C=O) groups excluding carboxylic acids is 1. The molecule has 2 rings (SSSR count). The highest BCUT2D eigenvalue weighted by molar-refractivity contribution is 8.00. The zero-order valence-electron chi connectivity index (χ0n) is 11.9. The van der Waals surface area contributed by atoms with E-state index < -0.39 is 17.0 Å². The Morgan fingerprint density at radius 3 is 2.65 bits per heavy atom. The summed E-state index contributed by atoms with van der Waals surface area (Å²) in [5, 5.41) is 2.43. The number of rotatable bonds is 4. The standard InChI is InChI=1S/C15H12ClF3N2OS/c1-9(14(22)21-13-6-5-11(16)8-20-13)23-12-4-2-3-10(7-12)15(17,18)19/h2-9H,1H3,(H,20,21,22)/t9-/m0/s1. The van der Waals surface area contributed by atoms with Gasteiger partial charge in [-0.1, -0.05) is 17.7 Å². The van der Waals surface area contributed by atoms with Crippen molar-refractivity contribution in [1.82, 2.24) is 4.98 Å². The average Bonchev–Trinajstić information content (AvgIpc) is 2.49. The third-order valence-corrected chi connectivity index (χ3v) is 4.14. The van der Waals surface area contributed by atoms with E-state index in [0.29, 0.717) is 15.7 Å². The Bertz CT molecular complexity index is 692. The Labute approximate surface area is 140 Å². The van der Waals surface area contributed by atoms with Crippen molar-refractivity contribution in [2.45, 2.75) is 23.2 Å². The van der Waals surface area contributed by atoms with E-state index >= 15 is 0 Å². The fraction of sp³-hybridized carbons (Fsp3) is 0.200. The highest BCUT2D eigenvalue weighted by Gasteiger charge is 2.30. The van der Waals surface area contributed by atoms with Gasteiger partial charge in [0.2, 0.25) is 5.91 Å². The van der Waals surface area contributed by atoms with Gasteiger partial charge in [0.15, 0.2) is 0 Å². The number of nitrogens with zero attached hydrogens (tertiary/aromatic N) is 1. The summed E-state index contributed by atoms with van der Waals surface area (Å²) in [6.07, 6.45) is -3.02. The number of anilines is 1. The Balaban J connectivity index is 2.02. The summed E-state index contributed by atoms with van der Waals surface area (Å²) in [7, 11) is 0. The van der Waals surface area contributed by atoms with Crippen molar-refractivity contribution in [3.8, 4) is 0 Å². The highest BCUT2D eigenvalue weighted by Crippen LogP contribution is 2.33. The number of halogens is 4. The van der Waals surface area contributed by atoms with Crippen LogP contribution in [0.4, 0.5) is 19.0 Å². The molecule has 0 unspecified atom stereocenters. The van der Waals surface area contributed by atoms with Crippen molar-refractivity contribution >= 4 is 35.1 Å². The van der Waals surface area contributed by atoms with Gasteiger partial charge in [-0.2, -0.15) is 13.2 Å². The van der Waals surface area contributed by atoms with Crippen LogP contribution in [0.25, 0.3) is 0 Å². The van der Waals surface area contributed by atoms with Crippen LogP contribution in [-0.4, -0.2) is 16.1 Å². The number of nitrogens with one attached hydrogen (secondary N) is 1. The predicted octanol–water partition coefficient (Wildman–Crippen LogP) is 4.87. The van der Waals surface area contributed by atoms with Gasteiger partial charge in [0.1, 0.15) is 5.82 Å². The quantitative estimate of drug-likeness (QED) is 0.791. The molecule has 0 aliphatic rings. The molecular weight excluding hydrogens is 349 g/mol. The Kier molecular flexibility index (Phi) is 5.54. The third kappa shape index (κ3) is 5.14. The number of aromatic nitrogens is 1. The van der Waals surface area contributed by atoms with Crippen LogP contribution in [0.15, 0.2) is 47.5 Å². The zero-order valence-corrected chi connectivity index (χ0v) is 13.5. The SMILES string of the molecule is C[C@H](Sc1cccc(C(F)(F)F)c1)C(=O)Nc1ccc(Cl)cn1. The van der Waals surface area contributed by atoms with Gasteiger partial charge in [0.25, 0.3) is 0 Å². The molecular formula is C15H12ClF3N2OS. The molecule has 1 aromatic heterocycles. The lowest BCUT2D eigenvalue weighted by Gasteiger charge is -2.13. The van der Waals surface area contributed by atoms with Crippen molar-refractivity contribution in [3.63, 3.8) is 0 Å². The van der Waals surface area contributed by atoms with Gasteiger partial charge in [-0.3, -0.25) is 4.79 Å². The maximum Gasteiger partial charge on any atom is 0.416 e. The molecule has 0 fully saturated rings. The Morgan fingerprint density at radius 1 is 1.30 bits per heavy atom. The largest absolute Gasteiger partial charge is 0.416 e. The molecule has 1 atom stereocenters. The van der Waals surface area contributed by atoms with Crippen LogP contribution in [0.3, 0.4) is 0 Å². The summed E-state index contributed by atoms with van der Waals surface area (Å²) in [6, 6.07) is 7.98. The van der Waals surface area contributed by atoms with Crippen LogP contribution < -0.4 is 5.32 Å². The Morgan fingerprint density at radius 2 is 2.04 bits per heavy atom. The molecule has 1 heterocycles. The van der Waals surface area contributed by atoms with Crippen molar-refractivity contribution in [1.29, 1.82) is 0 Å². The van der Waals surface area contributed by atoms with Crippen LogP contribution in [0.1, 0.15) is 12.5 Å². The lowest BCUT2D eigenvalue weighted by atomic mass is 10.2. The number of pyridine rings is 1. The van der Waals surface area contributed by atoms with Crippen LogP contribution in [0.2, 0.25) is 5.02 Å². The van der Waals surface area contributed by atoms with Gasteiger partial charge >= 0.3 is 6.18 Å². The minimum absolute atomic E-state index is 0.330. The summed E-state index contributed by atoms with van der Waals surface area (Å²) in [6.45, 7) is 1.61. The maximum atomic E-state index is 12.7. The molecule has 0 saturated heterocycles. The molecule has 2 aromatic rings. The van der Waals surface area contributed by atoms with E-state index in [-0.39, 0.29) is 5.91 Å². The van der Waals surface area contributed by atoms with E-state index in [1.807, 2.05) is 0 Å². The molecule has 0 radical (unpaired) electrons. The first-order valence-electron chi connectivity index (χ1n) is 6.52. The normalized spacial score (nSPS) is 12.7. The molecule has 122 valence electrons. The second-order valence-corrected chi connectivity index (χ2v) is 6.49. The van der Waals surface area contributed by atoms with Crippen molar-refractivity contribution in [3.05, 3.63) is 53.2 Å². The molecule has 1 N–H and O–H groups in total. The second-order valence-electron chi connectivity index (χ2n) is 4.64. The molecule has 0 aliphatic heterocycles. The van der Waals surface area contributed by atoms with Crippen LogP contribution in [-0.2, 0) is 11.0 Å². The van der Waals surface area contributed by atoms with E-state index in [0.717, 1.165) is 23.9 Å². The zero-order chi connectivity index (χ0) is 17.0. The summed E-state index contributed by atoms with van der Waals surface area (Å²) >= 11 is 6.74. The molecule has 0 spiro atoms. The summed E-state index contributed by atoms with van der Waals surface area (Å²) < 4.78 is 38.0. The number of carbonyl (C=O) groups is 1. The molecule has 0 bridgehead atoms. The van der Waals surface area contributed by atoms with Gasteiger partial charge in [-0.25, -0.2) is 4.98 Å². The predicted molar refractivity (Wildman–Crippen MR) is 84.6 cm³/mol. The smallest absolute Gasteiger partial charge is 0.310 e. The maximum absolute atomic E-state index is 12.7.